The Bertz CT molecular complexity index is 3210. The van der Waals surface area contributed by atoms with Gasteiger partial charge in [0.2, 0.25) is 0 Å². The number of benzene rings is 4. The second kappa shape index (κ2) is 18.9. The summed E-state index contributed by atoms with van der Waals surface area (Å²) in [4.78, 5) is -4.05. The topological polar surface area (TPSA) is 414 Å². The molecule has 0 aliphatic carbocycles. The molecule has 0 aliphatic rings. The normalized spacial score (nSPS) is 13.2. The molecule has 0 radical (unpaired) electrons. The van der Waals surface area contributed by atoms with Gasteiger partial charge in [-0.2, -0.15) is 33.7 Å². The van der Waals surface area contributed by atoms with Crippen LogP contribution in [-0.2, 0) is 69.1 Å². The molecule has 4 rings (SSSR count). The summed E-state index contributed by atoms with van der Waals surface area (Å²) in [5.41, 5.74) is -2.09. The minimum absolute atomic E-state index is 0.0390. The molecule has 0 heterocycles. The Labute approximate surface area is 358 Å². The van der Waals surface area contributed by atoms with Gasteiger partial charge in [0.15, 0.2) is 31.2 Å². The third kappa shape index (κ3) is 12.3. The van der Waals surface area contributed by atoms with Gasteiger partial charge in [0.1, 0.15) is 48.9 Å². The highest BCUT2D eigenvalue weighted by Gasteiger charge is 2.29. The fourth-order valence-corrected chi connectivity index (χ4v) is 9.86. The first-order valence-electron chi connectivity index (χ1n) is 16.4. The van der Waals surface area contributed by atoms with E-state index in [2.05, 4.69) is 34.1 Å². The molecule has 4 aromatic rings. The maximum Gasteiger partial charge on any atom is 0.397 e. The molecule has 33 heteroatoms. The van der Waals surface area contributed by atoms with Gasteiger partial charge in [-0.25, -0.2) is 25.2 Å². The highest BCUT2D eigenvalue weighted by Crippen LogP contribution is 2.48. The van der Waals surface area contributed by atoms with Crippen molar-refractivity contribution in [2.75, 3.05) is 58.4 Å². The summed E-state index contributed by atoms with van der Waals surface area (Å²) in [7, 11) is -25.3. The number of anilines is 1. The van der Waals surface area contributed by atoms with Crippen LogP contribution >= 0.6 is 0 Å². The molecule has 6 N–H and O–H groups in total. The summed E-state index contributed by atoms with van der Waals surface area (Å²) in [6.45, 7) is -2.14. The number of methoxy groups -OCH3 is 3. The fourth-order valence-electron chi connectivity index (χ4n) is 5.33. The Morgan fingerprint density at radius 2 is 1.10 bits per heavy atom. The monoisotopic (exact) mass is 1010 g/mol. The van der Waals surface area contributed by atoms with E-state index in [-0.39, 0.29) is 45.4 Å². The van der Waals surface area contributed by atoms with E-state index in [0.29, 0.717) is 6.07 Å². The van der Waals surface area contributed by atoms with Crippen molar-refractivity contribution in [2.45, 2.75) is 19.6 Å². The van der Waals surface area contributed by atoms with Crippen LogP contribution in [0.3, 0.4) is 0 Å². The zero-order chi connectivity index (χ0) is 47.5. The van der Waals surface area contributed by atoms with Gasteiger partial charge < -0.3 is 24.6 Å². The molecule has 0 atom stereocenters. The zero-order valence-electron chi connectivity index (χ0n) is 32.3. The largest absolute Gasteiger partial charge is 0.504 e. The average Bonchev–Trinajstić information content (AvgIpc) is 3.16. The Balaban J connectivity index is 1.94. The summed E-state index contributed by atoms with van der Waals surface area (Å²) >= 11 is 0. The van der Waals surface area contributed by atoms with Gasteiger partial charge in [0.25, 0.3) is 20.2 Å². The van der Waals surface area contributed by atoms with Gasteiger partial charge >= 0.3 is 20.8 Å². The fraction of sp³-hybridized carbons (Fsp3) is 0.267. The van der Waals surface area contributed by atoms with Crippen LogP contribution in [0.5, 0.6) is 23.0 Å². The number of nitrogens with zero attached hydrogens (tertiary/aromatic N) is 4. The summed E-state index contributed by atoms with van der Waals surface area (Å²) < 4.78 is 207. The van der Waals surface area contributed by atoms with Crippen molar-refractivity contribution < 1.29 is 96.4 Å². The Morgan fingerprint density at radius 1 is 0.556 bits per heavy atom. The quantitative estimate of drug-likeness (QED) is 0.0547. The molecule has 4 aromatic carbocycles. The second-order valence-electron chi connectivity index (χ2n) is 12.0. The number of rotatable bonds is 20. The molecule has 346 valence electrons. The molecular formula is C30H33N5O22S6. The number of hydrogen-bond donors (Lipinski definition) is 6. The molecule has 0 unspecified atom stereocenters. The summed E-state index contributed by atoms with van der Waals surface area (Å²) in [6, 6.07) is 6.36. The van der Waals surface area contributed by atoms with Crippen molar-refractivity contribution >= 4 is 99.9 Å². The third-order valence-electron chi connectivity index (χ3n) is 8.09. The smallest absolute Gasteiger partial charge is 0.397 e. The lowest BCUT2D eigenvalue weighted by Crippen LogP contribution is -2.16. The lowest BCUT2D eigenvalue weighted by atomic mass is 10.0. The van der Waals surface area contributed by atoms with E-state index in [1.807, 2.05) is 0 Å². The molecule has 63 heavy (non-hydrogen) atoms. The maximum atomic E-state index is 13.1. The van der Waals surface area contributed by atoms with Crippen molar-refractivity contribution in [2.24, 2.45) is 20.5 Å². The van der Waals surface area contributed by atoms with Crippen LogP contribution in [0, 0.1) is 0 Å². The number of aromatic hydroxyl groups is 1. The predicted octanol–water partition coefficient (Wildman–Crippen LogP) is 3.12. The number of hydrogen-bond acceptors (Lipinski definition) is 23. The number of sulfone groups is 2. The average molecular weight is 1010 g/mol. The number of azo groups is 2. The molecule has 27 nitrogen and oxygen atoms in total. The van der Waals surface area contributed by atoms with Crippen LogP contribution in [0.25, 0.3) is 10.8 Å². The minimum atomic E-state index is -5.44. The van der Waals surface area contributed by atoms with Crippen molar-refractivity contribution in [1.82, 2.24) is 0 Å². The SMILES string of the molecule is CNc1ccc2c(OC)c(/N=N/c3cc(S(=O)(=O)CCOS(=O)(=O)O)cc(S(=O)(=O)O)c3O)c(S(=O)(=O)O)cc2c1/N=N/c1cc(OC)c(S(=O)(=O)CCOS(=O)(=O)O)cc1OC. The van der Waals surface area contributed by atoms with Crippen molar-refractivity contribution in [1.29, 1.82) is 0 Å². The van der Waals surface area contributed by atoms with Crippen LogP contribution in [0.4, 0.5) is 28.4 Å². The third-order valence-corrected chi connectivity index (χ3v) is 14.1. The predicted molar refractivity (Wildman–Crippen MR) is 215 cm³/mol. The summed E-state index contributed by atoms with van der Waals surface area (Å²) in [5, 5.41) is 29.0. The zero-order valence-corrected chi connectivity index (χ0v) is 37.2. The number of ether oxygens (including phenoxy) is 3. The van der Waals surface area contributed by atoms with Gasteiger partial charge in [0.05, 0.1) is 56.6 Å². The molecule has 0 bridgehead atoms. The minimum Gasteiger partial charge on any atom is -0.504 e. The molecule has 0 fully saturated rings. The molecule has 0 saturated carbocycles. The summed E-state index contributed by atoms with van der Waals surface area (Å²) in [5.74, 6) is -4.62. The van der Waals surface area contributed by atoms with E-state index in [9.17, 15) is 64.7 Å². The lowest BCUT2D eigenvalue weighted by molar-refractivity contribution is 0.282. The summed E-state index contributed by atoms with van der Waals surface area (Å²) in [6.07, 6.45) is 0. The number of fused-ring (bicyclic) bond motifs is 1. The molecular weight excluding hydrogens is 975 g/mol. The first kappa shape index (κ1) is 50.4. The van der Waals surface area contributed by atoms with E-state index in [1.165, 1.54) is 19.2 Å². The van der Waals surface area contributed by atoms with Crippen LogP contribution in [0.15, 0.2) is 82.5 Å². The van der Waals surface area contributed by atoms with Crippen LogP contribution in [0.2, 0.25) is 0 Å². The Kier molecular flexibility index (Phi) is 15.1. The molecule has 0 spiro atoms. The van der Waals surface area contributed by atoms with E-state index in [1.54, 1.807) is 0 Å². The van der Waals surface area contributed by atoms with E-state index in [4.69, 9.17) is 23.3 Å². The first-order chi connectivity index (χ1) is 29.0. The first-order valence-corrected chi connectivity index (χ1v) is 25.4. The van der Waals surface area contributed by atoms with E-state index in [0.717, 1.165) is 39.5 Å². The van der Waals surface area contributed by atoms with Gasteiger partial charge in [-0.05, 0) is 30.3 Å². The molecule has 0 amide bonds. The van der Waals surface area contributed by atoms with Gasteiger partial charge in [0, 0.05) is 30.0 Å². The highest BCUT2D eigenvalue weighted by molar-refractivity contribution is 7.92. The van der Waals surface area contributed by atoms with Gasteiger partial charge in [-0.15, -0.1) is 20.5 Å². The molecule has 0 aliphatic heterocycles. The lowest BCUT2D eigenvalue weighted by Gasteiger charge is -2.15. The van der Waals surface area contributed by atoms with Crippen LogP contribution < -0.4 is 19.5 Å². The molecule has 0 aromatic heterocycles. The van der Waals surface area contributed by atoms with E-state index < -0.39 is 128 Å². The van der Waals surface area contributed by atoms with E-state index >= 15 is 0 Å². The number of phenols is 1. The Hall–Kier alpha value is -5.20. The maximum absolute atomic E-state index is 13.1. The standard InChI is InChI=1S/C30H33N5O22S6/c1-31-19-6-5-17-18(27(19)34-32-20-14-23(54-3)24(15-22(20)53-2)59(39,40)10-8-57-63(50,51)52)13-25(60(41,42)43)28(30(17)55-4)35-33-21-11-16(12-26(29(21)36)61(44,45)46)58(37,38)9-7-56-62(47,48)49/h5-6,11-15,31,36H,7-10H2,1-4H3,(H,41,42,43)(H,44,45,46)(H,47,48,49)(H,50,51,52)/b34-32+,35-33+. The van der Waals surface area contributed by atoms with Crippen LogP contribution in [0.1, 0.15) is 0 Å². The van der Waals surface area contributed by atoms with Crippen molar-refractivity contribution in [3.05, 3.63) is 42.5 Å². The second-order valence-corrected chi connectivity index (χ2v) is 21.2. The van der Waals surface area contributed by atoms with Crippen molar-refractivity contribution in [3.63, 3.8) is 0 Å². The number of nitrogens with one attached hydrogen (secondary N) is 1. The van der Waals surface area contributed by atoms with Gasteiger partial charge in [-0.1, -0.05) is 0 Å². The van der Waals surface area contributed by atoms with Gasteiger partial charge in [-0.3, -0.25) is 18.2 Å². The number of phenolic OH excluding ortho intramolecular Hbond substituents is 1. The Morgan fingerprint density at radius 3 is 1.60 bits per heavy atom. The van der Waals surface area contributed by atoms with Crippen LogP contribution in [-0.4, -0.2) is 127 Å². The molecule has 0 saturated heterocycles. The highest BCUT2D eigenvalue weighted by atomic mass is 32.3. The van der Waals surface area contributed by atoms with Crippen molar-refractivity contribution in [3.8, 4) is 23.0 Å².